The number of piperidine rings is 2. The minimum Gasteiger partial charge on any atom is -0.497 e. The molecule has 17 heteroatoms. The van der Waals surface area contributed by atoms with Crippen LogP contribution in [0.15, 0.2) is 97.1 Å². The van der Waals surface area contributed by atoms with Crippen molar-refractivity contribution in [2.45, 2.75) is 51.4 Å². The first-order valence-corrected chi connectivity index (χ1v) is 22.4. The van der Waals surface area contributed by atoms with Crippen LogP contribution in [0.1, 0.15) is 91.6 Å². The van der Waals surface area contributed by atoms with Crippen molar-refractivity contribution in [1.29, 1.82) is 0 Å². The second-order valence-electron chi connectivity index (χ2n) is 16.7. The minimum absolute atomic E-state index is 0.0650. The molecule has 2 saturated heterocycles. The van der Waals surface area contributed by atoms with Gasteiger partial charge < -0.3 is 33.8 Å². The van der Waals surface area contributed by atoms with Crippen LogP contribution in [0.2, 0.25) is 0 Å². The lowest BCUT2D eigenvalue weighted by Gasteiger charge is -2.30. The summed E-state index contributed by atoms with van der Waals surface area (Å²) in [5.74, 6) is -1.77. The topological polar surface area (TPSA) is 179 Å². The van der Waals surface area contributed by atoms with E-state index in [9.17, 15) is 28.8 Å². The summed E-state index contributed by atoms with van der Waals surface area (Å²) >= 11 is 0. The Kier molecular flexibility index (Phi) is 11.3. The Hall–Kier alpha value is -8.08. The zero-order valence-electron chi connectivity index (χ0n) is 37.0. The zero-order valence-corrected chi connectivity index (χ0v) is 37.0. The van der Waals surface area contributed by atoms with Crippen LogP contribution < -0.4 is 29.1 Å². The van der Waals surface area contributed by atoms with Crippen LogP contribution in [0.3, 0.4) is 0 Å². The summed E-state index contributed by atoms with van der Waals surface area (Å²) in [7, 11) is 3.07. The van der Waals surface area contributed by atoms with E-state index in [4.69, 9.17) is 14.2 Å². The average Bonchev–Trinajstić information content (AvgIpc) is 3.96. The predicted octanol–water partition coefficient (Wildman–Crippen LogP) is 6.51. The van der Waals surface area contributed by atoms with E-state index < -0.39 is 23.8 Å². The van der Waals surface area contributed by atoms with Crippen LogP contribution in [0.5, 0.6) is 11.5 Å². The summed E-state index contributed by atoms with van der Waals surface area (Å²) in [5.41, 5.74) is 4.04. The fourth-order valence-electron chi connectivity index (χ4n) is 9.32. The number of anilines is 4. The van der Waals surface area contributed by atoms with E-state index >= 15 is 0 Å². The lowest BCUT2D eigenvalue weighted by atomic mass is 10.0. The number of benzene rings is 4. The molecule has 2 aromatic heterocycles. The summed E-state index contributed by atoms with van der Waals surface area (Å²) in [5, 5.41) is 9.23. The van der Waals surface area contributed by atoms with Crippen LogP contribution in [0.4, 0.5) is 22.7 Å². The molecule has 0 unspecified atom stereocenters. The van der Waals surface area contributed by atoms with Gasteiger partial charge in [-0.3, -0.25) is 19.2 Å². The molecule has 0 aliphatic carbocycles. The largest absolute Gasteiger partial charge is 0.497 e. The number of fused-ring (bicyclic) bond motifs is 2. The molecule has 4 aromatic carbocycles. The molecule has 6 heterocycles. The third-order valence-electron chi connectivity index (χ3n) is 12.8. The van der Waals surface area contributed by atoms with Crippen molar-refractivity contribution in [3.05, 3.63) is 131 Å². The molecule has 0 radical (unpaired) electrons. The average molecular weight is 903 g/mol. The van der Waals surface area contributed by atoms with Gasteiger partial charge in [0, 0.05) is 72.9 Å². The number of amides is 4. The van der Waals surface area contributed by atoms with Gasteiger partial charge in [0.25, 0.3) is 11.8 Å². The number of rotatable bonds is 10. The van der Waals surface area contributed by atoms with Crippen molar-refractivity contribution in [3.63, 3.8) is 0 Å². The third kappa shape index (κ3) is 7.85. The number of esters is 2. The van der Waals surface area contributed by atoms with Crippen molar-refractivity contribution in [2.24, 2.45) is 0 Å². The summed E-state index contributed by atoms with van der Waals surface area (Å²) < 4.78 is 19.0. The van der Waals surface area contributed by atoms with Gasteiger partial charge in [0.2, 0.25) is 11.8 Å². The molecular formula is C50H46N8O9. The molecule has 17 nitrogen and oxygen atoms in total. The number of nitrogens with zero attached hydrogens (tertiary/aromatic N) is 8. The SMILES string of the molecule is COc1ccc(-n2nc(C(=O)OC(=O)c3nn(-c4ccc(OC)cc4)c4c3CCN(c3ccc(N5CCCCC5=O)cc3)C4=O)c3c2C(=O)N(c2ccc(N4CCCCC4=O)cc2)CC3)cc1. The molecule has 67 heavy (non-hydrogen) atoms. The van der Waals surface area contributed by atoms with E-state index in [1.807, 2.05) is 24.3 Å². The first kappa shape index (κ1) is 42.8. The maximum atomic E-state index is 14.5. The minimum atomic E-state index is -1.09. The Balaban J connectivity index is 0.959. The molecule has 0 N–H and O–H groups in total. The highest BCUT2D eigenvalue weighted by Gasteiger charge is 2.39. The highest BCUT2D eigenvalue weighted by atomic mass is 16.6. The van der Waals surface area contributed by atoms with Crippen LogP contribution in [-0.2, 0) is 27.2 Å². The van der Waals surface area contributed by atoms with Gasteiger partial charge in [-0.2, -0.15) is 10.2 Å². The van der Waals surface area contributed by atoms with Crippen LogP contribution >= 0.6 is 0 Å². The maximum Gasteiger partial charge on any atom is 0.367 e. The second kappa shape index (κ2) is 17.7. The molecule has 0 saturated carbocycles. The molecule has 10 rings (SSSR count). The Bertz CT molecular complexity index is 2740. The van der Waals surface area contributed by atoms with Crippen LogP contribution in [-0.4, -0.2) is 95.5 Å². The smallest absolute Gasteiger partial charge is 0.367 e. The molecule has 4 aliphatic rings. The van der Waals surface area contributed by atoms with Crippen molar-refractivity contribution < 1.29 is 43.0 Å². The fourth-order valence-corrected chi connectivity index (χ4v) is 9.32. The van der Waals surface area contributed by atoms with Gasteiger partial charge in [-0.05, 0) is 136 Å². The third-order valence-corrected chi connectivity index (χ3v) is 12.8. The van der Waals surface area contributed by atoms with Crippen molar-refractivity contribution in [1.82, 2.24) is 19.6 Å². The number of hydrogen-bond donors (Lipinski definition) is 0. The number of ether oxygens (including phenoxy) is 3. The second-order valence-corrected chi connectivity index (χ2v) is 16.7. The Labute approximate surface area is 385 Å². The normalized spacial score (nSPS) is 16.2. The van der Waals surface area contributed by atoms with Crippen LogP contribution in [0, 0.1) is 0 Å². The van der Waals surface area contributed by atoms with E-state index in [0.717, 1.165) is 37.1 Å². The van der Waals surface area contributed by atoms with Gasteiger partial charge in [-0.15, -0.1) is 0 Å². The Morgan fingerprint density at radius 2 is 0.776 bits per heavy atom. The molecule has 0 bridgehead atoms. The number of methoxy groups -OCH3 is 2. The van der Waals surface area contributed by atoms with E-state index in [1.54, 1.807) is 92.4 Å². The van der Waals surface area contributed by atoms with E-state index in [0.29, 0.717) is 71.3 Å². The molecular weight excluding hydrogens is 857 g/mol. The van der Waals surface area contributed by atoms with Gasteiger partial charge in [-0.25, -0.2) is 19.0 Å². The maximum absolute atomic E-state index is 14.5. The summed E-state index contributed by atoms with van der Waals surface area (Å²) in [6.45, 7) is 1.65. The van der Waals surface area contributed by atoms with Gasteiger partial charge in [0.05, 0.1) is 25.6 Å². The number of hydrogen-bond acceptors (Lipinski definition) is 11. The molecule has 6 aromatic rings. The lowest BCUT2D eigenvalue weighted by molar-refractivity contribution is -0.120. The molecule has 340 valence electrons. The molecule has 0 atom stereocenters. The number of carbonyl (C=O) groups is 6. The fraction of sp³-hybridized carbons (Fsp3) is 0.280. The zero-order chi connectivity index (χ0) is 46.3. The van der Waals surface area contributed by atoms with Crippen molar-refractivity contribution in [3.8, 4) is 22.9 Å². The van der Waals surface area contributed by atoms with Crippen molar-refractivity contribution in [2.75, 3.05) is 60.0 Å². The molecule has 4 aliphatic heterocycles. The van der Waals surface area contributed by atoms with Gasteiger partial charge in [0.15, 0.2) is 11.4 Å². The molecule has 4 amide bonds. The first-order valence-electron chi connectivity index (χ1n) is 22.4. The van der Waals surface area contributed by atoms with Crippen LogP contribution in [0.25, 0.3) is 11.4 Å². The Morgan fingerprint density at radius 3 is 1.12 bits per heavy atom. The number of aromatic nitrogens is 4. The summed E-state index contributed by atoms with van der Waals surface area (Å²) in [6, 6.07) is 28.1. The lowest BCUT2D eigenvalue weighted by Crippen LogP contribution is -2.39. The standard InChI is InChI=1S/C50H46N8O9/c1-65-37-21-17-35(18-22-37)57-45-39(25-29-55(47(45)61)33-13-9-31(10-14-33)53-27-5-3-7-41(53)59)43(51-57)49(63)67-50(64)44-40-26-30-56(34-15-11-32(12-16-34)54-28-6-4-8-42(54)60)48(62)46(40)58(52-44)36-19-23-38(66-2)24-20-36/h9-24H,3-8,25-30H2,1-2H3. The quantitative estimate of drug-likeness (QED) is 0.108. The summed E-state index contributed by atoms with van der Waals surface area (Å²) in [6.07, 6.45) is 4.95. The monoisotopic (exact) mass is 902 g/mol. The highest BCUT2D eigenvalue weighted by Crippen LogP contribution is 2.34. The predicted molar refractivity (Wildman–Crippen MR) is 246 cm³/mol. The first-order chi connectivity index (χ1) is 32.6. The van der Waals surface area contributed by atoms with Gasteiger partial charge >= 0.3 is 11.9 Å². The van der Waals surface area contributed by atoms with E-state index in [-0.39, 0.29) is 60.5 Å². The Morgan fingerprint density at radius 1 is 0.433 bits per heavy atom. The summed E-state index contributed by atoms with van der Waals surface area (Å²) in [4.78, 5) is 89.5. The number of carbonyl (C=O) groups excluding carboxylic acids is 6. The highest BCUT2D eigenvalue weighted by molar-refractivity contribution is 6.12. The van der Waals surface area contributed by atoms with Gasteiger partial charge in [-0.1, -0.05) is 0 Å². The van der Waals surface area contributed by atoms with E-state index in [1.165, 1.54) is 23.6 Å². The van der Waals surface area contributed by atoms with Gasteiger partial charge in [0.1, 0.15) is 22.9 Å². The molecule has 2 fully saturated rings. The van der Waals surface area contributed by atoms with Crippen molar-refractivity contribution >= 4 is 58.3 Å². The molecule has 0 spiro atoms. The van der Waals surface area contributed by atoms with E-state index in [2.05, 4.69) is 10.2 Å².